The Morgan fingerprint density at radius 2 is 1.89 bits per heavy atom. The molecule has 4 heterocycles. The Labute approximate surface area is 209 Å². The van der Waals surface area contributed by atoms with Crippen LogP contribution in [0.5, 0.6) is 6.01 Å². The SMILES string of the molecule is Cc1cc(N2C(=O)C3(CCC3)N(c3cnc(OC4CCN(CCO)CC4)nc3)C2=S)cnc1C#N. The van der Waals surface area contributed by atoms with Crippen LogP contribution < -0.4 is 14.5 Å². The number of amides is 1. The van der Waals surface area contributed by atoms with Gasteiger partial charge in [0.2, 0.25) is 0 Å². The van der Waals surface area contributed by atoms with Crippen molar-refractivity contribution < 1.29 is 14.6 Å². The van der Waals surface area contributed by atoms with Crippen LogP contribution in [0.3, 0.4) is 0 Å². The summed E-state index contributed by atoms with van der Waals surface area (Å²) < 4.78 is 5.99. The Balaban J connectivity index is 1.34. The molecule has 0 radical (unpaired) electrons. The van der Waals surface area contributed by atoms with E-state index in [1.165, 1.54) is 11.1 Å². The number of pyridine rings is 1. The van der Waals surface area contributed by atoms with Crippen LogP contribution in [-0.2, 0) is 4.79 Å². The molecule has 3 aliphatic rings. The summed E-state index contributed by atoms with van der Waals surface area (Å²) in [6.45, 7) is 4.38. The molecule has 1 amide bonds. The molecule has 1 saturated carbocycles. The highest BCUT2D eigenvalue weighted by Crippen LogP contribution is 2.47. The number of aliphatic hydroxyl groups excluding tert-OH is 1. The van der Waals surface area contributed by atoms with Crippen LogP contribution in [0, 0.1) is 18.3 Å². The largest absolute Gasteiger partial charge is 0.460 e. The second-order valence-corrected chi connectivity index (χ2v) is 9.59. The number of hydrogen-bond acceptors (Lipinski definition) is 9. The fourth-order valence-corrected chi connectivity index (χ4v) is 5.50. The minimum atomic E-state index is -0.746. The Bertz CT molecular complexity index is 1170. The number of carbonyl (C=O) groups is 1. The van der Waals surface area contributed by atoms with Gasteiger partial charge in [-0.25, -0.2) is 15.0 Å². The van der Waals surface area contributed by atoms with Gasteiger partial charge in [0.25, 0.3) is 5.91 Å². The Morgan fingerprint density at radius 1 is 1.20 bits per heavy atom. The van der Waals surface area contributed by atoms with Gasteiger partial charge in [0.05, 0.1) is 36.6 Å². The molecular weight excluding hydrogens is 466 g/mol. The third kappa shape index (κ3) is 4.11. The van der Waals surface area contributed by atoms with Crippen molar-refractivity contribution >= 4 is 34.6 Å². The van der Waals surface area contributed by atoms with E-state index in [1.54, 1.807) is 25.4 Å². The van der Waals surface area contributed by atoms with Crippen LogP contribution in [0.15, 0.2) is 24.7 Å². The summed E-state index contributed by atoms with van der Waals surface area (Å²) in [5.74, 6) is -0.0883. The highest BCUT2D eigenvalue weighted by Gasteiger charge is 2.59. The number of anilines is 2. The van der Waals surface area contributed by atoms with Gasteiger partial charge < -0.3 is 14.7 Å². The summed E-state index contributed by atoms with van der Waals surface area (Å²) in [6.07, 6.45) is 8.89. The van der Waals surface area contributed by atoms with Gasteiger partial charge in [-0.1, -0.05) is 0 Å². The molecule has 1 aliphatic carbocycles. The van der Waals surface area contributed by atoms with Crippen molar-refractivity contribution in [2.45, 2.75) is 50.7 Å². The first-order valence-electron chi connectivity index (χ1n) is 11.8. The van der Waals surface area contributed by atoms with Crippen LogP contribution in [0.25, 0.3) is 0 Å². The minimum Gasteiger partial charge on any atom is -0.460 e. The molecule has 2 aromatic rings. The van der Waals surface area contributed by atoms with Crippen molar-refractivity contribution in [3.8, 4) is 12.1 Å². The monoisotopic (exact) mass is 493 g/mol. The van der Waals surface area contributed by atoms with Gasteiger partial charge in [0, 0.05) is 19.6 Å². The number of aryl methyl sites for hydroxylation is 1. The molecule has 1 N–H and O–H groups in total. The summed E-state index contributed by atoms with van der Waals surface area (Å²) in [7, 11) is 0. The lowest BCUT2D eigenvalue weighted by molar-refractivity contribution is -0.123. The van der Waals surface area contributed by atoms with E-state index < -0.39 is 5.54 Å². The van der Waals surface area contributed by atoms with Gasteiger partial charge >= 0.3 is 6.01 Å². The number of likely N-dealkylation sites (tertiary alicyclic amines) is 1. The predicted molar refractivity (Wildman–Crippen MR) is 132 cm³/mol. The van der Waals surface area contributed by atoms with Crippen molar-refractivity contribution in [3.05, 3.63) is 35.9 Å². The molecule has 5 rings (SSSR count). The Hall–Kier alpha value is -3.20. The topological polar surface area (TPSA) is 119 Å². The molecule has 35 heavy (non-hydrogen) atoms. The van der Waals surface area contributed by atoms with Gasteiger partial charge in [-0.3, -0.25) is 14.6 Å². The zero-order chi connectivity index (χ0) is 24.6. The van der Waals surface area contributed by atoms with Crippen molar-refractivity contribution in [2.24, 2.45) is 0 Å². The lowest BCUT2D eigenvalue weighted by Gasteiger charge is -2.42. The Kier molecular flexibility index (Phi) is 6.35. The van der Waals surface area contributed by atoms with Crippen molar-refractivity contribution in [2.75, 3.05) is 36.0 Å². The molecule has 0 aromatic carbocycles. The first kappa shape index (κ1) is 23.5. The molecular formula is C24H27N7O3S. The maximum atomic E-state index is 13.6. The van der Waals surface area contributed by atoms with Gasteiger partial charge in [-0.05, 0) is 62.9 Å². The van der Waals surface area contributed by atoms with Gasteiger partial charge in [-0.15, -0.1) is 0 Å². The lowest BCUT2D eigenvalue weighted by atomic mass is 9.75. The van der Waals surface area contributed by atoms with Gasteiger partial charge in [-0.2, -0.15) is 5.26 Å². The Morgan fingerprint density at radius 3 is 2.46 bits per heavy atom. The van der Waals surface area contributed by atoms with E-state index in [1.807, 2.05) is 4.90 Å². The number of nitrogens with zero attached hydrogens (tertiary/aromatic N) is 7. The fourth-order valence-electron chi connectivity index (χ4n) is 5.03. The van der Waals surface area contributed by atoms with Crippen LogP contribution in [-0.4, -0.2) is 73.9 Å². The average Bonchev–Trinajstić information content (AvgIpc) is 3.07. The van der Waals surface area contributed by atoms with E-state index in [0.29, 0.717) is 53.1 Å². The van der Waals surface area contributed by atoms with Crippen LogP contribution in [0.4, 0.5) is 11.4 Å². The summed E-state index contributed by atoms with van der Waals surface area (Å²) >= 11 is 5.78. The van der Waals surface area contributed by atoms with Crippen molar-refractivity contribution in [1.82, 2.24) is 19.9 Å². The van der Waals surface area contributed by atoms with E-state index in [9.17, 15) is 10.1 Å². The predicted octanol–water partition coefficient (Wildman–Crippen LogP) is 1.95. The van der Waals surface area contributed by atoms with Crippen LogP contribution >= 0.6 is 12.2 Å². The van der Waals surface area contributed by atoms with E-state index in [2.05, 4.69) is 25.9 Å². The highest BCUT2D eigenvalue weighted by molar-refractivity contribution is 7.81. The quantitative estimate of drug-likeness (QED) is 0.598. The molecule has 182 valence electrons. The number of ether oxygens (including phenoxy) is 1. The minimum absolute atomic E-state index is 0.0332. The van der Waals surface area contributed by atoms with Crippen LogP contribution in [0.1, 0.15) is 43.4 Å². The number of nitriles is 1. The smallest absolute Gasteiger partial charge is 0.316 e. The summed E-state index contributed by atoms with van der Waals surface area (Å²) in [4.78, 5) is 32.2. The standard InChI is InChI=1S/C24H27N7O3S/c1-16-11-17(13-26-20(16)12-25)30-21(33)24(5-2-6-24)31(23(30)35)18-14-27-22(28-15-18)34-19-3-7-29(8-4-19)9-10-32/h11,13-15,19,32H,2-10H2,1H3. The van der Waals surface area contributed by atoms with Crippen molar-refractivity contribution in [3.63, 3.8) is 0 Å². The number of β-amino-alcohol motifs (C(OH)–C–C–N with tert-alkyl or cyclic N) is 1. The average molecular weight is 494 g/mol. The highest BCUT2D eigenvalue weighted by atomic mass is 32.1. The third-order valence-corrected chi connectivity index (χ3v) is 7.48. The molecule has 2 saturated heterocycles. The summed E-state index contributed by atoms with van der Waals surface area (Å²) in [6, 6.07) is 4.12. The molecule has 0 unspecified atom stereocenters. The maximum Gasteiger partial charge on any atom is 0.316 e. The summed E-state index contributed by atoms with van der Waals surface area (Å²) in [5.41, 5.74) is 1.47. The fraction of sp³-hybridized carbons (Fsp3) is 0.500. The number of carbonyl (C=O) groups excluding carboxylic acids is 1. The van der Waals surface area contributed by atoms with Gasteiger partial charge in [0.1, 0.15) is 23.4 Å². The second-order valence-electron chi connectivity index (χ2n) is 9.22. The lowest BCUT2D eigenvalue weighted by Crippen LogP contribution is -2.55. The number of aromatic nitrogens is 3. The zero-order valence-corrected chi connectivity index (χ0v) is 20.4. The van der Waals surface area contributed by atoms with E-state index in [4.69, 9.17) is 22.1 Å². The third-order valence-electron chi connectivity index (χ3n) is 7.12. The van der Waals surface area contributed by atoms with Crippen molar-refractivity contribution in [1.29, 1.82) is 5.26 Å². The molecule has 10 nitrogen and oxygen atoms in total. The molecule has 2 aliphatic heterocycles. The number of piperidine rings is 1. The number of aliphatic hydroxyl groups is 1. The molecule has 0 atom stereocenters. The van der Waals surface area contributed by atoms with Crippen LogP contribution in [0.2, 0.25) is 0 Å². The normalized spacial score (nSPS) is 20.3. The molecule has 0 bridgehead atoms. The second kappa shape index (κ2) is 9.45. The van der Waals surface area contributed by atoms with Gasteiger partial charge in [0.15, 0.2) is 5.11 Å². The number of hydrogen-bond donors (Lipinski definition) is 1. The molecule has 1 spiro atoms. The molecule has 3 fully saturated rings. The summed E-state index contributed by atoms with van der Waals surface area (Å²) in [5, 5.41) is 18.7. The van der Waals surface area contributed by atoms with E-state index in [-0.39, 0.29) is 18.6 Å². The number of rotatable bonds is 6. The van der Waals surface area contributed by atoms with E-state index in [0.717, 1.165) is 32.4 Å². The first-order valence-corrected chi connectivity index (χ1v) is 12.2. The zero-order valence-electron chi connectivity index (χ0n) is 19.6. The maximum absolute atomic E-state index is 13.6. The first-order chi connectivity index (χ1) is 17.0. The molecule has 11 heteroatoms. The molecule has 2 aromatic heterocycles. The number of thiocarbonyl (C=S) groups is 1. The van der Waals surface area contributed by atoms with E-state index >= 15 is 0 Å².